The first-order chi connectivity index (χ1) is 13.2. The lowest BCUT2D eigenvalue weighted by Gasteiger charge is -2.29. The van der Waals surface area contributed by atoms with Crippen molar-refractivity contribution in [3.8, 4) is 0 Å². The lowest BCUT2D eigenvalue weighted by molar-refractivity contribution is -0.119. The number of rotatable bonds is 8. The second-order valence-corrected chi connectivity index (χ2v) is 8.13. The summed E-state index contributed by atoms with van der Waals surface area (Å²) in [7, 11) is 0. The number of hydrogen-bond donors (Lipinski definition) is 1. The van der Waals surface area contributed by atoms with Crippen molar-refractivity contribution in [3.63, 3.8) is 0 Å². The van der Waals surface area contributed by atoms with Gasteiger partial charge in [-0.05, 0) is 24.3 Å². The third-order valence-corrected chi connectivity index (χ3v) is 6.07. The van der Waals surface area contributed by atoms with Crippen molar-refractivity contribution in [2.75, 3.05) is 5.75 Å². The molecule has 0 unspecified atom stereocenters. The monoisotopic (exact) mass is 384 g/mol. The molecule has 0 bridgehead atoms. The van der Waals surface area contributed by atoms with E-state index in [1.165, 1.54) is 36.6 Å². The maximum atomic E-state index is 12.4. The second kappa shape index (κ2) is 9.74. The highest BCUT2D eigenvalue weighted by atomic mass is 32.2. The third-order valence-electron chi connectivity index (χ3n) is 5.10. The number of hydrogen-bond acceptors (Lipinski definition) is 4. The lowest BCUT2D eigenvalue weighted by Crippen LogP contribution is -2.41. The van der Waals surface area contributed by atoms with Crippen LogP contribution in [0, 0.1) is 5.92 Å². The van der Waals surface area contributed by atoms with Gasteiger partial charge in [0.1, 0.15) is 5.82 Å². The molecular formula is C21H28N4OS. The SMILES string of the molecule is C=CCn1c(Cc2ccccc2)nnc1SCC(=O)N[C@@H]1CCCC[C@@H]1C. The topological polar surface area (TPSA) is 59.8 Å². The van der Waals surface area contributed by atoms with E-state index < -0.39 is 0 Å². The minimum atomic E-state index is 0.0801. The molecule has 1 saturated carbocycles. The molecular weight excluding hydrogens is 356 g/mol. The van der Waals surface area contributed by atoms with E-state index in [0.29, 0.717) is 30.7 Å². The molecule has 1 aliphatic rings. The van der Waals surface area contributed by atoms with Crippen LogP contribution in [0.2, 0.25) is 0 Å². The maximum absolute atomic E-state index is 12.4. The van der Waals surface area contributed by atoms with Crippen molar-refractivity contribution >= 4 is 17.7 Å². The van der Waals surface area contributed by atoms with Crippen molar-refractivity contribution in [1.29, 1.82) is 0 Å². The number of carbonyl (C=O) groups is 1. The fourth-order valence-electron chi connectivity index (χ4n) is 3.56. The molecule has 1 aromatic carbocycles. The van der Waals surface area contributed by atoms with Gasteiger partial charge in [0.15, 0.2) is 5.16 Å². The van der Waals surface area contributed by atoms with Gasteiger partial charge in [-0.3, -0.25) is 4.79 Å². The largest absolute Gasteiger partial charge is 0.352 e. The van der Waals surface area contributed by atoms with Crippen LogP contribution >= 0.6 is 11.8 Å². The maximum Gasteiger partial charge on any atom is 0.230 e. The van der Waals surface area contributed by atoms with Crippen molar-refractivity contribution in [1.82, 2.24) is 20.1 Å². The van der Waals surface area contributed by atoms with Crippen molar-refractivity contribution in [3.05, 3.63) is 54.4 Å². The predicted octanol–water partition coefficient (Wildman–Crippen LogP) is 3.84. The Morgan fingerprint density at radius 1 is 1.30 bits per heavy atom. The van der Waals surface area contributed by atoms with E-state index in [2.05, 4.69) is 41.1 Å². The number of carbonyl (C=O) groups excluding carboxylic acids is 1. The number of aromatic nitrogens is 3. The molecule has 27 heavy (non-hydrogen) atoms. The number of thioether (sulfide) groups is 1. The molecule has 0 saturated heterocycles. The van der Waals surface area contributed by atoms with Crippen molar-refractivity contribution in [2.45, 2.75) is 56.8 Å². The van der Waals surface area contributed by atoms with Gasteiger partial charge in [0, 0.05) is 19.0 Å². The lowest BCUT2D eigenvalue weighted by atomic mass is 9.86. The summed E-state index contributed by atoms with van der Waals surface area (Å²) in [6.45, 7) is 6.71. The van der Waals surface area contributed by atoms with Crippen molar-refractivity contribution < 1.29 is 4.79 Å². The molecule has 6 heteroatoms. The van der Waals surface area contributed by atoms with Crippen LogP contribution in [-0.4, -0.2) is 32.5 Å². The van der Waals surface area contributed by atoms with Gasteiger partial charge in [-0.2, -0.15) is 0 Å². The van der Waals surface area contributed by atoms with Gasteiger partial charge in [-0.1, -0.05) is 67.9 Å². The minimum absolute atomic E-state index is 0.0801. The molecule has 1 aromatic heterocycles. The summed E-state index contributed by atoms with van der Waals surface area (Å²) in [6.07, 6.45) is 7.33. The first-order valence-electron chi connectivity index (χ1n) is 9.66. The molecule has 0 aliphatic heterocycles. The number of nitrogens with one attached hydrogen (secondary N) is 1. The Morgan fingerprint density at radius 2 is 2.07 bits per heavy atom. The van der Waals surface area contributed by atoms with Crippen LogP contribution in [0.3, 0.4) is 0 Å². The zero-order chi connectivity index (χ0) is 19.1. The van der Waals surface area contributed by atoms with Crippen LogP contribution in [0.4, 0.5) is 0 Å². The van der Waals surface area contributed by atoms with E-state index in [1.54, 1.807) is 0 Å². The van der Waals surface area contributed by atoms with E-state index >= 15 is 0 Å². The van der Waals surface area contributed by atoms with Gasteiger partial charge >= 0.3 is 0 Å². The van der Waals surface area contributed by atoms with Crippen LogP contribution in [-0.2, 0) is 17.8 Å². The van der Waals surface area contributed by atoms with Gasteiger partial charge in [-0.25, -0.2) is 0 Å². The summed E-state index contributed by atoms with van der Waals surface area (Å²) in [5, 5.41) is 12.6. The average Bonchev–Trinajstić information content (AvgIpc) is 3.05. The Morgan fingerprint density at radius 3 is 2.81 bits per heavy atom. The number of nitrogens with zero attached hydrogens (tertiary/aromatic N) is 3. The highest BCUT2D eigenvalue weighted by Crippen LogP contribution is 2.24. The fraction of sp³-hybridized carbons (Fsp3) is 0.476. The van der Waals surface area contributed by atoms with Crippen LogP contribution in [0.25, 0.3) is 0 Å². The second-order valence-electron chi connectivity index (χ2n) is 7.18. The molecule has 0 spiro atoms. The fourth-order valence-corrected chi connectivity index (χ4v) is 4.33. The quantitative estimate of drug-likeness (QED) is 0.555. The summed E-state index contributed by atoms with van der Waals surface area (Å²) < 4.78 is 2.04. The third kappa shape index (κ3) is 5.45. The molecule has 1 amide bonds. The Kier molecular flexibility index (Phi) is 7.10. The summed E-state index contributed by atoms with van der Waals surface area (Å²) >= 11 is 1.45. The van der Waals surface area contributed by atoms with Gasteiger partial charge in [0.2, 0.25) is 5.91 Å². The summed E-state index contributed by atoms with van der Waals surface area (Å²) in [6, 6.07) is 10.5. The molecule has 2 atom stereocenters. The molecule has 0 radical (unpaired) electrons. The molecule has 1 aliphatic carbocycles. The normalized spacial score (nSPS) is 19.6. The Bertz CT molecular complexity index is 759. The van der Waals surface area contributed by atoms with E-state index in [1.807, 2.05) is 28.8 Å². The average molecular weight is 385 g/mol. The molecule has 1 fully saturated rings. The van der Waals surface area contributed by atoms with E-state index in [4.69, 9.17) is 0 Å². The molecule has 144 valence electrons. The zero-order valence-corrected chi connectivity index (χ0v) is 16.8. The molecule has 3 rings (SSSR count). The first kappa shape index (κ1) is 19.7. The first-order valence-corrected chi connectivity index (χ1v) is 10.6. The van der Waals surface area contributed by atoms with Crippen LogP contribution in [0.1, 0.15) is 44.0 Å². The van der Waals surface area contributed by atoms with Crippen LogP contribution in [0.5, 0.6) is 0 Å². The number of benzene rings is 1. The zero-order valence-electron chi connectivity index (χ0n) is 15.9. The van der Waals surface area contributed by atoms with Gasteiger partial charge < -0.3 is 9.88 Å². The van der Waals surface area contributed by atoms with E-state index in [9.17, 15) is 4.79 Å². The predicted molar refractivity (Wildman–Crippen MR) is 110 cm³/mol. The summed E-state index contributed by atoms with van der Waals surface area (Å²) in [5.74, 6) is 1.90. The Hall–Kier alpha value is -2.08. The highest BCUT2D eigenvalue weighted by molar-refractivity contribution is 7.99. The van der Waals surface area contributed by atoms with Gasteiger partial charge in [-0.15, -0.1) is 16.8 Å². The highest BCUT2D eigenvalue weighted by Gasteiger charge is 2.23. The van der Waals surface area contributed by atoms with E-state index in [0.717, 1.165) is 17.4 Å². The summed E-state index contributed by atoms with van der Waals surface area (Å²) in [5.41, 5.74) is 1.19. The van der Waals surface area contributed by atoms with Crippen LogP contribution in [0.15, 0.2) is 48.1 Å². The summed E-state index contributed by atoms with van der Waals surface area (Å²) in [4.78, 5) is 12.4. The molecule has 2 aromatic rings. The smallest absolute Gasteiger partial charge is 0.230 e. The minimum Gasteiger partial charge on any atom is -0.352 e. The molecule has 1 heterocycles. The number of allylic oxidation sites excluding steroid dienone is 1. The van der Waals surface area contributed by atoms with E-state index in [-0.39, 0.29) is 5.91 Å². The standard InChI is InChI=1S/C21H28N4OS/c1-3-13-25-19(14-17-10-5-4-6-11-17)23-24-21(25)27-15-20(26)22-18-12-8-7-9-16(18)2/h3-6,10-11,16,18H,1,7-9,12-15H2,2H3,(H,22,26)/t16-,18+/m0/s1. The Balaban J connectivity index is 1.60. The van der Waals surface area contributed by atoms with Gasteiger partial charge in [0.05, 0.1) is 5.75 Å². The number of amides is 1. The van der Waals surface area contributed by atoms with Crippen LogP contribution < -0.4 is 5.32 Å². The Labute approximate surface area is 165 Å². The van der Waals surface area contributed by atoms with Crippen molar-refractivity contribution in [2.24, 2.45) is 5.92 Å². The molecule has 1 N–H and O–H groups in total. The van der Waals surface area contributed by atoms with Gasteiger partial charge in [0.25, 0.3) is 0 Å². The molecule has 5 nitrogen and oxygen atoms in total.